The molecule has 1 aromatic heterocycles. The minimum atomic E-state index is -0.501. The van der Waals surface area contributed by atoms with Crippen LogP contribution in [0.4, 0.5) is 0 Å². The predicted molar refractivity (Wildman–Crippen MR) is 72.3 cm³/mol. The number of cyclic esters (lactones) is 1. The Hall–Kier alpha value is -2.82. The maximum Gasteiger partial charge on any atom is 0.363 e. The first kappa shape index (κ1) is 12.2. The number of esters is 1. The standard InChI is InChI=1S/C15H11NO4/c1-18-11-5-2-4-10(8-11)14-16-13(15(17)20-14)9-12-6-3-7-19-12/h2-9H,1H3/b13-9+. The molecule has 0 bridgehead atoms. The van der Waals surface area contributed by atoms with Gasteiger partial charge in [-0.1, -0.05) is 6.07 Å². The topological polar surface area (TPSA) is 61.0 Å². The molecule has 0 N–H and O–H groups in total. The summed E-state index contributed by atoms with van der Waals surface area (Å²) in [5, 5.41) is 0. The fourth-order valence-electron chi connectivity index (χ4n) is 1.80. The quantitative estimate of drug-likeness (QED) is 0.634. The van der Waals surface area contributed by atoms with Crippen molar-refractivity contribution >= 4 is 17.9 Å². The van der Waals surface area contributed by atoms with E-state index in [0.717, 1.165) is 0 Å². The average molecular weight is 269 g/mol. The molecule has 100 valence electrons. The lowest BCUT2D eigenvalue weighted by atomic mass is 10.2. The average Bonchev–Trinajstić information content (AvgIpc) is 3.10. The summed E-state index contributed by atoms with van der Waals surface area (Å²) in [6.07, 6.45) is 3.06. The van der Waals surface area contributed by atoms with Gasteiger partial charge in [0.05, 0.1) is 13.4 Å². The zero-order valence-corrected chi connectivity index (χ0v) is 10.7. The second kappa shape index (κ2) is 5.05. The van der Waals surface area contributed by atoms with Crippen molar-refractivity contribution in [1.82, 2.24) is 0 Å². The van der Waals surface area contributed by atoms with Crippen molar-refractivity contribution in [3.8, 4) is 5.75 Å². The van der Waals surface area contributed by atoms with Crippen LogP contribution in [-0.4, -0.2) is 19.0 Å². The molecule has 0 spiro atoms. The number of carbonyl (C=O) groups excluding carboxylic acids is 1. The van der Waals surface area contributed by atoms with E-state index in [-0.39, 0.29) is 11.6 Å². The van der Waals surface area contributed by atoms with Crippen LogP contribution in [0.1, 0.15) is 11.3 Å². The SMILES string of the molecule is COc1cccc(C2=N/C(=C/c3ccco3)C(=O)O2)c1. The molecular formula is C15H11NO4. The van der Waals surface area contributed by atoms with E-state index in [0.29, 0.717) is 17.1 Å². The minimum absolute atomic E-state index is 0.206. The summed E-state index contributed by atoms with van der Waals surface area (Å²) in [6.45, 7) is 0. The molecule has 20 heavy (non-hydrogen) atoms. The molecule has 3 rings (SSSR count). The third kappa shape index (κ3) is 2.33. The first-order chi connectivity index (χ1) is 9.76. The number of benzene rings is 1. The number of hydrogen-bond donors (Lipinski definition) is 0. The van der Waals surface area contributed by atoms with E-state index in [9.17, 15) is 4.79 Å². The van der Waals surface area contributed by atoms with E-state index in [1.165, 1.54) is 12.3 Å². The molecule has 0 atom stereocenters. The van der Waals surface area contributed by atoms with Crippen LogP contribution >= 0.6 is 0 Å². The fraction of sp³-hybridized carbons (Fsp3) is 0.0667. The fourth-order valence-corrected chi connectivity index (χ4v) is 1.80. The Kier molecular flexibility index (Phi) is 3.09. The summed E-state index contributed by atoms with van der Waals surface area (Å²) in [6, 6.07) is 10.6. The highest BCUT2D eigenvalue weighted by Crippen LogP contribution is 2.21. The van der Waals surface area contributed by atoms with Crippen molar-refractivity contribution in [3.63, 3.8) is 0 Å². The van der Waals surface area contributed by atoms with Crippen molar-refractivity contribution in [2.24, 2.45) is 4.99 Å². The summed E-state index contributed by atoms with van der Waals surface area (Å²) >= 11 is 0. The van der Waals surface area contributed by atoms with Gasteiger partial charge in [0.2, 0.25) is 5.90 Å². The second-order valence-electron chi connectivity index (χ2n) is 4.08. The van der Waals surface area contributed by atoms with Gasteiger partial charge in [-0.05, 0) is 30.3 Å². The highest BCUT2D eigenvalue weighted by Gasteiger charge is 2.24. The molecule has 0 fully saturated rings. The molecule has 1 aliphatic heterocycles. The smallest absolute Gasteiger partial charge is 0.363 e. The highest BCUT2D eigenvalue weighted by molar-refractivity contribution is 6.12. The Labute approximate surface area is 115 Å². The number of carbonyl (C=O) groups is 1. The van der Waals surface area contributed by atoms with E-state index >= 15 is 0 Å². The number of ether oxygens (including phenoxy) is 2. The van der Waals surface area contributed by atoms with Crippen LogP contribution in [0.3, 0.4) is 0 Å². The Morgan fingerprint density at radius 1 is 1.25 bits per heavy atom. The molecule has 5 heteroatoms. The first-order valence-electron chi connectivity index (χ1n) is 5.97. The van der Waals surface area contributed by atoms with Crippen molar-refractivity contribution in [3.05, 3.63) is 59.7 Å². The number of furan rings is 1. The zero-order valence-electron chi connectivity index (χ0n) is 10.7. The molecule has 1 aromatic carbocycles. The Bertz CT molecular complexity index is 698. The van der Waals surface area contributed by atoms with Gasteiger partial charge in [-0.15, -0.1) is 0 Å². The lowest BCUT2D eigenvalue weighted by molar-refractivity contribution is -0.129. The maximum absolute atomic E-state index is 11.8. The normalized spacial score (nSPS) is 16.1. The zero-order chi connectivity index (χ0) is 13.9. The number of aliphatic imine (C=N–C) groups is 1. The van der Waals surface area contributed by atoms with Crippen LogP contribution in [0.25, 0.3) is 6.08 Å². The van der Waals surface area contributed by atoms with Gasteiger partial charge in [-0.3, -0.25) is 0 Å². The number of hydrogen-bond acceptors (Lipinski definition) is 5. The van der Waals surface area contributed by atoms with E-state index in [1.807, 2.05) is 0 Å². The van der Waals surface area contributed by atoms with Crippen molar-refractivity contribution in [2.45, 2.75) is 0 Å². The van der Waals surface area contributed by atoms with Crippen LogP contribution in [0, 0.1) is 0 Å². The number of nitrogens with zero attached hydrogens (tertiary/aromatic N) is 1. The van der Waals surface area contributed by atoms with Gasteiger partial charge in [0, 0.05) is 11.6 Å². The minimum Gasteiger partial charge on any atom is -0.497 e. The second-order valence-corrected chi connectivity index (χ2v) is 4.08. The van der Waals surface area contributed by atoms with Gasteiger partial charge in [-0.25, -0.2) is 9.79 Å². The number of rotatable bonds is 3. The van der Waals surface area contributed by atoms with Crippen LogP contribution in [0.15, 0.2) is 57.8 Å². The van der Waals surface area contributed by atoms with Crippen LogP contribution in [0.5, 0.6) is 5.75 Å². The van der Waals surface area contributed by atoms with Gasteiger partial charge < -0.3 is 13.9 Å². The summed E-state index contributed by atoms with van der Waals surface area (Å²) in [5.74, 6) is 0.975. The molecule has 0 radical (unpaired) electrons. The Morgan fingerprint density at radius 2 is 2.15 bits per heavy atom. The summed E-state index contributed by atoms with van der Waals surface area (Å²) in [4.78, 5) is 15.9. The summed E-state index contributed by atoms with van der Waals surface area (Å²) in [7, 11) is 1.57. The molecule has 2 aromatic rings. The van der Waals surface area contributed by atoms with Crippen molar-refractivity contribution < 1.29 is 18.7 Å². The lowest BCUT2D eigenvalue weighted by Gasteiger charge is -2.02. The van der Waals surface area contributed by atoms with Gasteiger partial charge in [-0.2, -0.15) is 0 Å². The predicted octanol–water partition coefficient (Wildman–Crippen LogP) is 2.63. The third-order valence-electron chi connectivity index (χ3n) is 2.76. The largest absolute Gasteiger partial charge is 0.497 e. The molecule has 0 saturated carbocycles. The molecule has 5 nitrogen and oxygen atoms in total. The molecule has 0 amide bonds. The van der Waals surface area contributed by atoms with Gasteiger partial charge in [0.25, 0.3) is 0 Å². The summed E-state index contributed by atoms with van der Waals surface area (Å²) < 4.78 is 15.4. The van der Waals surface area contributed by atoms with Crippen molar-refractivity contribution in [1.29, 1.82) is 0 Å². The van der Waals surface area contributed by atoms with Crippen LogP contribution in [0.2, 0.25) is 0 Å². The molecule has 0 unspecified atom stereocenters. The molecule has 2 heterocycles. The molecule has 0 aliphatic carbocycles. The van der Waals surface area contributed by atoms with Gasteiger partial charge in [0.1, 0.15) is 11.5 Å². The molecular weight excluding hydrogens is 258 g/mol. The van der Waals surface area contributed by atoms with E-state index < -0.39 is 5.97 Å². The first-order valence-corrected chi connectivity index (χ1v) is 5.97. The van der Waals surface area contributed by atoms with Gasteiger partial charge in [0.15, 0.2) is 5.70 Å². The van der Waals surface area contributed by atoms with Gasteiger partial charge >= 0.3 is 5.97 Å². The third-order valence-corrected chi connectivity index (χ3v) is 2.76. The lowest BCUT2D eigenvalue weighted by Crippen LogP contribution is -2.05. The van der Waals surface area contributed by atoms with E-state index in [1.54, 1.807) is 43.5 Å². The highest BCUT2D eigenvalue weighted by atomic mass is 16.6. The molecule has 0 saturated heterocycles. The summed E-state index contributed by atoms with van der Waals surface area (Å²) in [5.41, 5.74) is 0.887. The molecule has 1 aliphatic rings. The monoisotopic (exact) mass is 269 g/mol. The van der Waals surface area contributed by atoms with Crippen molar-refractivity contribution in [2.75, 3.05) is 7.11 Å². The van der Waals surface area contributed by atoms with E-state index in [4.69, 9.17) is 13.9 Å². The van der Waals surface area contributed by atoms with Crippen LogP contribution < -0.4 is 4.74 Å². The maximum atomic E-state index is 11.8. The Morgan fingerprint density at radius 3 is 2.90 bits per heavy atom. The van der Waals surface area contributed by atoms with Crippen LogP contribution in [-0.2, 0) is 9.53 Å². The Balaban J connectivity index is 1.93. The van der Waals surface area contributed by atoms with E-state index in [2.05, 4.69) is 4.99 Å². The number of methoxy groups -OCH3 is 1.